The van der Waals surface area contributed by atoms with Crippen LogP contribution in [0.25, 0.3) is 0 Å². The second kappa shape index (κ2) is 20.5. The Labute approximate surface area is 279 Å². The molecule has 235 valence electrons. The van der Waals surface area contributed by atoms with Crippen LogP contribution < -0.4 is 31.8 Å². The molecule has 6 aromatic rings. The zero-order valence-corrected chi connectivity index (χ0v) is 27.3. The van der Waals surface area contributed by atoms with Crippen molar-refractivity contribution in [3.8, 4) is 0 Å². The first kappa shape index (κ1) is 36.8. The third kappa shape index (κ3) is 13.0. The van der Waals surface area contributed by atoms with Gasteiger partial charge >= 0.3 is 0 Å². The van der Waals surface area contributed by atoms with Crippen LogP contribution in [0.15, 0.2) is 170 Å². The van der Waals surface area contributed by atoms with Crippen molar-refractivity contribution in [2.75, 3.05) is 0 Å². The monoisotopic (exact) mass is 731 g/mol. The van der Waals surface area contributed by atoms with Crippen LogP contribution in [0.2, 0.25) is 0 Å². The van der Waals surface area contributed by atoms with E-state index in [0.717, 1.165) is 0 Å². The Morgan fingerprint density at radius 2 is 0.556 bits per heavy atom. The Balaban J connectivity index is 0.000000250. The molecule has 6 aromatic carbocycles. The maximum atomic E-state index is 8.25. The van der Waals surface area contributed by atoms with Crippen LogP contribution in [0, 0.1) is 30.6 Å². The summed E-state index contributed by atoms with van der Waals surface area (Å²) in [5.41, 5.74) is 0. The molecule has 0 amide bonds. The van der Waals surface area contributed by atoms with Gasteiger partial charge in [0.15, 0.2) is 0 Å². The van der Waals surface area contributed by atoms with Gasteiger partial charge in [0.2, 0.25) is 0 Å². The minimum absolute atomic E-state index is 0. The van der Waals surface area contributed by atoms with Gasteiger partial charge in [0, 0.05) is 38.2 Å². The summed E-state index contributed by atoms with van der Waals surface area (Å²) in [4.78, 5) is 16.5. The van der Waals surface area contributed by atoms with Gasteiger partial charge in [-0.15, -0.1) is 24.3 Å². The first-order valence-electron chi connectivity index (χ1n) is 13.4. The zero-order chi connectivity index (χ0) is 31.6. The van der Waals surface area contributed by atoms with Crippen LogP contribution in [-0.4, -0.2) is 10.2 Å². The average Bonchev–Trinajstić information content (AvgIpc) is 3.75. The van der Waals surface area contributed by atoms with Gasteiger partial charge in [-0.25, -0.2) is 24.3 Å². The summed E-state index contributed by atoms with van der Waals surface area (Å²) in [5.74, 6) is 0. The first-order valence-corrected chi connectivity index (χ1v) is 16.4. The van der Waals surface area contributed by atoms with Gasteiger partial charge in [-0.05, 0) is 59.1 Å². The fourth-order valence-electron chi connectivity index (χ4n) is 4.50. The van der Waals surface area contributed by atoms with Crippen molar-refractivity contribution in [3.05, 3.63) is 201 Å². The van der Waals surface area contributed by atoms with Crippen LogP contribution in [0.4, 0.5) is 0 Å². The predicted molar refractivity (Wildman–Crippen MR) is 185 cm³/mol. The molecule has 45 heavy (non-hydrogen) atoms. The van der Waals surface area contributed by atoms with Crippen molar-refractivity contribution in [3.63, 3.8) is 0 Å². The molecular formula is C34H30AgN2O6P2-2. The third-order valence-electron chi connectivity index (χ3n) is 6.15. The van der Waals surface area contributed by atoms with E-state index in [4.69, 9.17) is 30.6 Å². The largest absolute Gasteiger partial charge is 0.356 e. The fourth-order valence-corrected chi connectivity index (χ4v) is 9.66. The normalized spacial score (nSPS) is 9.64. The summed E-state index contributed by atoms with van der Waals surface area (Å²) in [7, 11) is -1.67. The van der Waals surface area contributed by atoms with Gasteiger partial charge in [-0.3, -0.25) is 0 Å². The van der Waals surface area contributed by atoms with E-state index in [1.54, 1.807) is 0 Å². The summed E-state index contributed by atoms with van der Waals surface area (Å²) in [5, 5.41) is 38.2. The van der Waals surface area contributed by atoms with E-state index in [9.17, 15) is 0 Å². The molecule has 0 aliphatic carbocycles. The topological polar surface area (TPSA) is 132 Å². The number of nitrogens with zero attached hydrogens (tertiary/aromatic N) is 2. The molecule has 0 aromatic heterocycles. The third-order valence-corrected chi connectivity index (χ3v) is 11.6. The van der Waals surface area contributed by atoms with Gasteiger partial charge in [-0.1, -0.05) is 72.8 Å². The summed E-state index contributed by atoms with van der Waals surface area (Å²) in [6, 6.07) is 60.8. The number of hydrogen-bond donors (Lipinski definition) is 0. The summed E-state index contributed by atoms with van der Waals surface area (Å²) >= 11 is 0. The van der Waals surface area contributed by atoms with Crippen molar-refractivity contribution in [1.29, 1.82) is 0 Å². The van der Waals surface area contributed by atoms with Crippen LogP contribution in [0.1, 0.15) is 0 Å². The van der Waals surface area contributed by atoms with Crippen molar-refractivity contribution in [1.82, 2.24) is 0 Å². The summed E-state index contributed by atoms with van der Waals surface area (Å²) in [6.07, 6.45) is 0. The molecule has 0 saturated carbocycles. The number of rotatable bonds is 6. The van der Waals surface area contributed by atoms with Crippen molar-refractivity contribution in [2.45, 2.75) is 0 Å². The standard InChI is InChI=1S/2C17H15P.Ag.2NO3/c2*1-3-9-15(10-4-1)18(17-13-7-8-14-17)16-11-5-2-6-12-16;;2*2-1(3)4/h2*1-14,18H;;;/q;;;2*-1. The molecule has 0 fully saturated rings. The van der Waals surface area contributed by atoms with Gasteiger partial charge < -0.3 is 30.6 Å². The van der Waals surface area contributed by atoms with Gasteiger partial charge in [0.1, 0.15) is 0 Å². The summed E-state index contributed by atoms with van der Waals surface area (Å²) < 4.78 is 0. The molecule has 6 rings (SSSR count). The number of hydrogen-bond acceptors (Lipinski definition) is 6. The minimum Gasteiger partial charge on any atom is -0.356 e. The minimum atomic E-state index is -1.75. The quantitative estimate of drug-likeness (QED) is 0.0750. The molecule has 0 unspecified atom stereocenters. The Kier molecular flexibility index (Phi) is 16.8. The Hall–Kier alpha value is -4.42. The summed E-state index contributed by atoms with van der Waals surface area (Å²) in [6.45, 7) is 0. The van der Waals surface area contributed by atoms with Gasteiger partial charge in [-0.2, -0.15) is 0 Å². The second-order valence-electron chi connectivity index (χ2n) is 9.01. The van der Waals surface area contributed by atoms with Crippen molar-refractivity contribution in [2.24, 2.45) is 0 Å². The molecule has 1 radical (unpaired) electrons. The fraction of sp³-hybridized carbons (Fsp3) is 0. The first-order chi connectivity index (χ1) is 21.4. The van der Waals surface area contributed by atoms with E-state index in [1.807, 2.05) is 0 Å². The van der Waals surface area contributed by atoms with E-state index in [1.165, 1.54) is 31.8 Å². The molecule has 0 aliphatic heterocycles. The maximum Gasteiger partial charge on any atom is 0.0908 e. The van der Waals surface area contributed by atoms with E-state index >= 15 is 0 Å². The predicted octanol–water partition coefficient (Wildman–Crippen LogP) is 5.31. The second-order valence-corrected chi connectivity index (χ2v) is 14.0. The van der Waals surface area contributed by atoms with Crippen LogP contribution >= 0.6 is 15.8 Å². The van der Waals surface area contributed by atoms with Crippen LogP contribution in [-0.2, 0) is 22.4 Å². The molecule has 0 saturated heterocycles. The van der Waals surface area contributed by atoms with Gasteiger partial charge in [0.25, 0.3) is 0 Å². The van der Waals surface area contributed by atoms with Crippen molar-refractivity contribution < 1.29 is 32.6 Å². The molecule has 0 aliphatic rings. The molecule has 0 N–H and O–H groups in total. The SMILES string of the molecule is O=[N+]([O-])[O-].O=[N+]([O-])[O-].[Ag].c1ccc([PH+](c2ccccc2)[c-]2cccc2)cc1.c1ccc([PH+](c2ccccc2)[c-]2cccc2)cc1. The van der Waals surface area contributed by atoms with E-state index < -0.39 is 26.0 Å². The van der Waals surface area contributed by atoms with Crippen LogP contribution in [0.5, 0.6) is 0 Å². The van der Waals surface area contributed by atoms with Crippen LogP contribution in [0.3, 0.4) is 0 Å². The Bertz CT molecular complexity index is 1410. The Morgan fingerprint density at radius 1 is 0.378 bits per heavy atom. The molecule has 0 heterocycles. The molecule has 11 heteroatoms. The van der Waals surface area contributed by atoms with E-state index in [0.29, 0.717) is 0 Å². The maximum absolute atomic E-state index is 8.25. The van der Waals surface area contributed by atoms with E-state index in [2.05, 4.69) is 170 Å². The smallest absolute Gasteiger partial charge is 0.0908 e. The average molecular weight is 732 g/mol. The van der Waals surface area contributed by atoms with Crippen molar-refractivity contribution >= 4 is 47.7 Å². The number of benzene rings is 4. The Morgan fingerprint density at radius 3 is 0.733 bits per heavy atom. The molecule has 8 nitrogen and oxygen atoms in total. The van der Waals surface area contributed by atoms with Gasteiger partial charge in [0.05, 0.1) is 31.4 Å². The molecule has 0 bridgehead atoms. The van der Waals surface area contributed by atoms with E-state index in [-0.39, 0.29) is 22.4 Å². The molecule has 0 spiro atoms. The molecular weight excluding hydrogens is 702 g/mol. The molecule has 0 atom stereocenters. The zero-order valence-electron chi connectivity index (χ0n) is 23.8.